The number of unbranched alkanes of at least 4 members (excludes halogenated alkanes) is 1. The van der Waals surface area contributed by atoms with Gasteiger partial charge in [-0.1, -0.05) is 37.6 Å². The van der Waals surface area contributed by atoms with E-state index in [0.717, 1.165) is 37.9 Å². The van der Waals surface area contributed by atoms with Gasteiger partial charge >= 0.3 is 0 Å². The lowest BCUT2D eigenvalue weighted by atomic mass is 10.00. The highest BCUT2D eigenvalue weighted by Crippen LogP contribution is 2.30. The molecule has 0 saturated heterocycles. The Morgan fingerprint density at radius 3 is 2.94 bits per heavy atom. The summed E-state index contributed by atoms with van der Waals surface area (Å²) in [6, 6.07) is 8.32. The zero-order valence-electron chi connectivity index (χ0n) is 11.1. The molecule has 18 heavy (non-hydrogen) atoms. The summed E-state index contributed by atoms with van der Waals surface area (Å²) in [5.41, 5.74) is 8.93. The Hall–Kier alpha value is -0.670. The van der Waals surface area contributed by atoms with Gasteiger partial charge in [-0.15, -0.1) is 0 Å². The van der Waals surface area contributed by atoms with Crippen LogP contribution >= 0.6 is 0 Å². The van der Waals surface area contributed by atoms with Gasteiger partial charge in [-0.05, 0) is 36.8 Å². The lowest BCUT2D eigenvalue weighted by molar-refractivity contribution is 0.595. The summed E-state index contributed by atoms with van der Waals surface area (Å²) in [6.07, 6.45) is 5.31. The minimum atomic E-state index is -0.780. The smallest absolute Gasteiger partial charge is 0.0541 e. The van der Waals surface area contributed by atoms with Gasteiger partial charge in [0.15, 0.2) is 0 Å². The van der Waals surface area contributed by atoms with Gasteiger partial charge in [-0.25, -0.2) is 0 Å². The quantitative estimate of drug-likeness (QED) is 0.851. The summed E-state index contributed by atoms with van der Waals surface area (Å²) < 4.78 is 12.4. The van der Waals surface area contributed by atoms with Gasteiger partial charge < -0.3 is 5.73 Å². The Morgan fingerprint density at radius 2 is 2.17 bits per heavy atom. The van der Waals surface area contributed by atoms with Crippen molar-refractivity contribution in [2.45, 2.75) is 50.3 Å². The van der Waals surface area contributed by atoms with Crippen molar-refractivity contribution in [1.29, 1.82) is 0 Å². The van der Waals surface area contributed by atoms with E-state index in [2.05, 4.69) is 25.1 Å². The molecule has 0 aromatic heterocycles. The number of hydrogen-bond donors (Lipinski definition) is 1. The van der Waals surface area contributed by atoms with E-state index in [1.807, 2.05) is 6.07 Å². The summed E-state index contributed by atoms with van der Waals surface area (Å²) in [5, 5.41) is 0.139. The van der Waals surface area contributed by atoms with E-state index in [1.54, 1.807) is 0 Å². The highest BCUT2D eigenvalue weighted by Gasteiger charge is 2.28. The molecule has 1 aromatic rings. The Kier molecular flexibility index (Phi) is 4.95. The normalized spacial score (nSPS) is 25.2. The van der Waals surface area contributed by atoms with Crippen LogP contribution in [0.25, 0.3) is 0 Å². The van der Waals surface area contributed by atoms with Crippen molar-refractivity contribution in [3.05, 3.63) is 35.4 Å². The van der Waals surface area contributed by atoms with Gasteiger partial charge in [-0.2, -0.15) is 0 Å². The molecule has 0 spiro atoms. The van der Waals surface area contributed by atoms with E-state index in [0.29, 0.717) is 0 Å². The van der Waals surface area contributed by atoms with E-state index in [1.165, 1.54) is 11.1 Å². The van der Waals surface area contributed by atoms with E-state index >= 15 is 0 Å². The average Bonchev–Trinajstić information content (AvgIpc) is 2.56. The molecule has 0 amide bonds. The number of benzene rings is 1. The summed E-state index contributed by atoms with van der Waals surface area (Å²) in [5.74, 6) is 0.803. The van der Waals surface area contributed by atoms with Gasteiger partial charge in [0.05, 0.1) is 5.25 Å². The first kappa shape index (κ1) is 13.8. The highest BCUT2D eigenvalue weighted by molar-refractivity contribution is 7.85. The molecule has 3 heteroatoms. The molecule has 0 heterocycles. The van der Waals surface area contributed by atoms with E-state index in [4.69, 9.17) is 5.73 Å². The predicted molar refractivity (Wildman–Crippen MR) is 78.0 cm³/mol. The summed E-state index contributed by atoms with van der Waals surface area (Å²) in [4.78, 5) is 0. The maximum Gasteiger partial charge on any atom is 0.0541 e. The second kappa shape index (κ2) is 6.48. The van der Waals surface area contributed by atoms with Gasteiger partial charge in [-0.3, -0.25) is 4.21 Å². The molecule has 0 aliphatic heterocycles. The number of rotatable bonds is 4. The Morgan fingerprint density at radius 1 is 1.39 bits per heavy atom. The third-order valence-electron chi connectivity index (χ3n) is 3.79. The van der Waals surface area contributed by atoms with Crippen molar-refractivity contribution in [1.82, 2.24) is 0 Å². The SMILES string of the molecule is CCCCS(=O)C1CCCc2ccccc2C1N. The average molecular weight is 265 g/mol. The number of fused-ring (bicyclic) bond motifs is 1. The standard InChI is InChI=1S/C15H23NOS/c1-2-3-11-18(17)14-10-6-8-12-7-4-5-9-13(12)15(14)16/h4-5,7,9,14-15H,2-3,6,8,10-11,16H2,1H3. The van der Waals surface area contributed by atoms with Crippen molar-refractivity contribution >= 4 is 10.8 Å². The lowest BCUT2D eigenvalue weighted by Crippen LogP contribution is -2.31. The molecule has 3 unspecified atom stereocenters. The molecular formula is C15H23NOS. The fraction of sp³-hybridized carbons (Fsp3) is 0.600. The molecule has 0 fully saturated rings. The number of hydrogen-bond acceptors (Lipinski definition) is 2. The Balaban J connectivity index is 2.17. The zero-order chi connectivity index (χ0) is 13.0. The monoisotopic (exact) mass is 265 g/mol. The molecule has 1 aliphatic rings. The van der Waals surface area contributed by atoms with E-state index < -0.39 is 10.8 Å². The maximum atomic E-state index is 12.4. The van der Waals surface area contributed by atoms with Gasteiger partial charge in [0.2, 0.25) is 0 Å². The van der Waals surface area contributed by atoms with Crippen LogP contribution in [-0.4, -0.2) is 15.2 Å². The predicted octanol–water partition coefficient (Wildman–Crippen LogP) is 2.94. The largest absolute Gasteiger partial charge is 0.323 e. The summed E-state index contributed by atoms with van der Waals surface area (Å²) >= 11 is 0. The van der Waals surface area contributed by atoms with Crippen LogP contribution in [0.15, 0.2) is 24.3 Å². The number of nitrogens with two attached hydrogens (primary N) is 1. The summed E-state index contributed by atoms with van der Waals surface area (Å²) in [7, 11) is -0.780. The van der Waals surface area contributed by atoms with Crippen LogP contribution in [0.3, 0.4) is 0 Å². The van der Waals surface area contributed by atoms with Gasteiger partial charge in [0, 0.05) is 22.6 Å². The zero-order valence-corrected chi connectivity index (χ0v) is 11.9. The third-order valence-corrected chi connectivity index (χ3v) is 5.68. The molecule has 0 radical (unpaired) electrons. The molecule has 1 aliphatic carbocycles. The van der Waals surface area contributed by atoms with Crippen molar-refractivity contribution in [3.8, 4) is 0 Å². The first-order chi connectivity index (χ1) is 8.74. The third kappa shape index (κ3) is 3.01. The molecule has 100 valence electrons. The van der Waals surface area contributed by atoms with E-state index in [-0.39, 0.29) is 11.3 Å². The van der Waals surface area contributed by atoms with Crippen LogP contribution in [0.1, 0.15) is 49.8 Å². The van der Waals surface area contributed by atoms with Crippen LogP contribution in [0.4, 0.5) is 0 Å². The Labute approximate surface area is 112 Å². The second-order valence-electron chi connectivity index (χ2n) is 5.09. The molecule has 0 saturated carbocycles. The molecule has 2 rings (SSSR count). The van der Waals surface area contributed by atoms with Crippen molar-refractivity contribution in [2.24, 2.45) is 5.73 Å². The highest BCUT2D eigenvalue weighted by atomic mass is 32.2. The molecular weight excluding hydrogens is 242 g/mol. The molecule has 0 bridgehead atoms. The first-order valence-electron chi connectivity index (χ1n) is 6.94. The lowest BCUT2D eigenvalue weighted by Gasteiger charge is -2.22. The van der Waals surface area contributed by atoms with Crippen molar-refractivity contribution in [2.75, 3.05) is 5.75 Å². The van der Waals surface area contributed by atoms with Crippen LogP contribution in [-0.2, 0) is 17.2 Å². The van der Waals surface area contributed by atoms with Crippen molar-refractivity contribution in [3.63, 3.8) is 0 Å². The van der Waals surface area contributed by atoms with Gasteiger partial charge in [0.1, 0.15) is 0 Å². The van der Waals surface area contributed by atoms with Gasteiger partial charge in [0.25, 0.3) is 0 Å². The fourth-order valence-corrected chi connectivity index (χ4v) is 4.47. The van der Waals surface area contributed by atoms with Crippen LogP contribution in [0.5, 0.6) is 0 Å². The van der Waals surface area contributed by atoms with Crippen LogP contribution < -0.4 is 5.73 Å². The number of aryl methyl sites for hydroxylation is 1. The van der Waals surface area contributed by atoms with Crippen molar-refractivity contribution < 1.29 is 4.21 Å². The minimum absolute atomic E-state index is 0.0543. The van der Waals surface area contributed by atoms with Crippen LogP contribution in [0.2, 0.25) is 0 Å². The fourth-order valence-electron chi connectivity index (χ4n) is 2.69. The van der Waals surface area contributed by atoms with E-state index in [9.17, 15) is 4.21 Å². The first-order valence-corrected chi connectivity index (χ1v) is 8.32. The molecule has 2 N–H and O–H groups in total. The van der Waals surface area contributed by atoms with Crippen LogP contribution in [0, 0.1) is 0 Å². The molecule has 1 aromatic carbocycles. The topological polar surface area (TPSA) is 43.1 Å². The summed E-state index contributed by atoms with van der Waals surface area (Å²) in [6.45, 7) is 2.14. The minimum Gasteiger partial charge on any atom is -0.323 e. The molecule has 3 atom stereocenters. The second-order valence-corrected chi connectivity index (χ2v) is 6.87. The Bertz CT molecular complexity index is 419. The molecule has 2 nitrogen and oxygen atoms in total. The maximum absolute atomic E-state index is 12.4.